The predicted molar refractivity (Wildman–Crippen MR) is 89.3 cm³/mol. The second-order valence-electron chi connectivity index (χ2n) is 6.23. The number of rotatable bonds is 2. The van der Waals surface area contributed by atoms with Gasteiger partial charge >= 0.3 is 0 Å². The number of hydrogen-bond donors (Lipinski definition) is 1. The minimum absolute atomic E-state index is 0.0340. The zero-order chi connectivity index (χ0) is 16.0. The summed E-state index contributed by atoms with van der Waals surface area (Å²) in [6.07, 6.45) is 7.53. The van der Waals surface area contributed by atoms with Crippen LogP contribution in [0.5, 0.6) is 5.75 Å². The van der Waals surface area contributed by atoms with Gasteiger partial charge in [-0.15, -0.1) is 0 Å². The van der Waals surface area contributed by atoms with Crippen LogP contribution in [0.1, 0.15) is 46.7 Å². The Kier molecular flexibility index (Phi) is 3.49. The molecule has 2 aliphatic rings. The molecule has 1 aliphatic carbocycles. The summed E-state index contributed by atoms with van der Waals surface area (Å²) in [5.74, 6) is 0.521. The number of halogens is 1. The molecule has 0 atom stereocenters. The van der Waals surface area contributed by atoms with Gasteiger partial charge in [-0.2, -0.15) is 0 Å². The zero-order valence-corrected chi connectivity index (χ0v) is 13.4. The third-order valence-electron chi connectivity index (χ3n) is 4.62. The molecular formula is C18H17ClN2O2. The van der Waals surface area contributed by atoms with Crippen molar-refractivity contribution in [3.05, 3.63) is 52.3 Å². The van der Waals surface area contributed by atoms with Crippen molar-refractivity contribution >= 4 is 23.2 Å². The number of aromatic hydroxyl groups is 1. The maximum Gasteiger partial charge on any atom is 0.258 e. The number of benzene rings is 1. The number of phenolic OH excluding ortho intramolecular Hbond substituents is 1. The van der Waals surface area contributed by atoms with Crippen LogP contribution in [0.4, 0.5) is 5.69 Å². The van der Waals surface area contributed by atoms with Gasteiger partial charge in [0, 0.05) is 18.3 Å². The molecule has 1 amide bonds. The molecule has 5 heteroatoms. The number of carbonyl (C=O) groups excluding carboxylic acids is 1. The van der Waals surface area contributed by atoms with E-state index in [2.05, 4.69) is 4.98 Å². The molecule has 2 heterocycles. The van der Waals surface area contributed by atoms with E-state index < -0.39 is 0 Å². The Bertz CT molecular complexity index is 787. The third-order valence-corrected chi connectivity index (χ3v) is 4.92. The minimum Gasteiger partial charge on any atom is -0.506 e. The fraction of sp³-hybridized carbons (Fsp3) is 0.333. The van der Waals surface area contributed by atoms with Crippen LogP contribution in [-0.4, -0.2) is 22.5 Å². The number of fused-ring (bicyclic) bond motifs is 1. The summed E-state index contributed by atoms with van der Waals surface area (Å²) in [7, 11) is 0. The van der Waals surface area contributed by atoms with Gasteiger partial charge in [0.05, 0.1) is 16.9 Å². The smallest absolute Gasteiger partial charge is 0.258 e. The van der Waals surface area contributed by atoms with Crippen LogP contribution in [0, 0.1) is 0 Å². The summed E-state index contributed by atoms with van der Waals surface area (Å²) in [5, 5.41) is 10.0. The van der Waals surface area contributed by atoms with Crippen LogP contribution in [0.25, 0.3) is 0 Å². The van der Waals surface area contributed by atoms with E-state index in [1.165, 1.54) is 18.4 Å². The molecule has 23 heavy (non-hydrogen) atoms. The first-order chi connectivity index (χ1) is 11.1. The van der Waals surface area contributed by atoms with Crippen molar-refractivity contribution in [1.82, 2.24) is 4.98 Å². The molecule has 2 aromatic rings. The second kappa shape index (κ2) is 5.53. The highest BCUT2D eigenvalue weighted by Crippen LogP contribution is 2.44. The van der Waals surface area contributed by atoms with Crippen LogP contribution in [0.15, 0.2) is 30.6 Å². The lowest BCUT2D eigenvalue weighted by molar-refractivity contribution is 0.0988. The van der Waals surface area contributed by atoms with Crippen LogP contribution >= 0.6 is 11.6 Å². The van der Waals surface area contributed by atoms with Crippen LogP contribution in [0.2, 0.25) is 5.02 Å². The van der Waals surface area contributed by atoms with Crippen molar-refractivity contribution in [3.63, 3.8) is 0 Å². The number of pyridine rings is 1. The standard InChI is InChI=1S/C18H17ClN2O2/c19-15-9-14-12(8-17(15)22)2-1-7-21(18(14)23)16-10-20-6-5-13(16)11-3-4-11/h5-6,8-11,22H,1-4,7H2. The summed E-state index contributed by atoms with van der Waals surface area (Å²) in [6.45, 7) is 0.650. The maximum atomic E-state index is 13.1. The van der Waals surface area contributed by atoms with E-state index in [1.54, 1.807) is 24.5 Å². The maximum absolute atomic E-state index is 13.1. The van der Waals surface area contributed by atoms with E-state index in [4.69, 9.17) is 11.6 Å². The fourth-order valence-electron chi connectivity index (χ4n) is 3.28. The molecular weight excluding hydrogens is 312 g/mol. The number of nitrogens with zero attached hydrogens (tertiary/aromatic N) is 2. The largest absolute Gasteiger partial charge is 0.506 e. The molecule has 1 aliphatic heterocycles. The van der Waals surface area contributed by atoms with Crippen molar-refractivity contribution in [1.29, 1.82) is 0 Å². The minimum atomic E-state index is -0.0608. The summed E-state index contributed by atoms with van der Waals surface area (Å²) in [5.41, 5.74) is 3.56. The normalized spacial score (nSPS) is 17.8. The van der Waals surface area contributed by atoms with Crippen molar-refractivity contribution in [2.75, 3.05) is 11.4 Å². The highest BCUT2D eigenvalue weighted by molar-refractivity contribution is 6.32. The van der Waals surface area contributed by atoms with Crippen molar-refractivity contribution in [2.45, 2.75) is 31.6 Å². The van der Waals surface area contributed by atoms with Gasteiger partial charge in [0.1, 0.15) is 5.75 Å². The van der Waals surface area contributed by atoms with E-state index >= 15 is 0 Å². The van der Waals surface area contributed by atoms with Crippen LogP contribution in [-0.2, 0) is 6.42 Å². The lowest BCUT2D eigenvalue weighted by Crippen LogP contribution is -2.31. The number of phenols is 1. The first-order valence-corrected chi connectivity index (χ1v) is 8.30. The number of carbonyl (C=O) groups is 1. The Balaban J connectivity index is 1.78. The van der Waals surface area contributed by atoms with Gasteiger partial charge in [-0.25, -0.2) is 0 Å². The predicted octanol–water partition coefficient (Wildman–Crippen LogP) is 3.91. The van der Waals surface area contributed by atoms with E-state index in [0.29, 0.717) is 18.0 Å². The lowest BCUT2D eigenvalue weighted by atomic mass is 10.0. The number of hydrogen-bond acceptors (Lipinski definition) is 3. The number of anilines is 1. The van der Waals surface area contributed by atoms with Gasteiger partial charge in [-0.3, -0.25) is 9.78 Å². The van der Waals surface area contributed by atoms with Crippen molar-refractivity contribution in [2.24, 2.45) is 0 Å². The van der Waals surface area contributed by atoms with Crippen LogP contribution in [0.3, 0.4) is 0 Å². The Morgan fingerprint density at radius 1 is 1.30 bits per heavy atom. The fourth-order valence-corrected chi connectivity index (χ4v) is 3.44. The molecule has 118 valence electrons. The highest BCUT2D eigenvalue weighted by atomic mass is 35.5. The Morgan fingerprint density at radius 3 is 2.91 bits per heavy atom. The van der Waals surface area contributed by atoms with Crippen LogP contribution < -0.4 is 4.90 Å². The topological polar surface area (TPSA) is 53.4 Å². The lowest BCUT2D eigenvalue weighted by Gasteiger charge is -2.23. The van der Waals surface area contributed by atoms with Gasteiger partial charge in [0.15, 0.2) is 0 Å². The second-order valence-corrected chi connectivity index (χ2v) is 6.64. The highest BCUT2D eigenvalue weighted by Gasteiger charge is 2.31. The average molecular weight is 329 g/mol. The van der Waals surface area contributed by atoms with E-state index in [9.17, 15) is 9.90 Å². The number of aromatic nitrogens is 1. The average Bonchev–Trinajstić information content (AvgIpc) is 3.39. The van der Waals surface area contributed by atoms with E-state index in [0.717, 1.165) is 24.1 Å². The molecule has 0 radical (unpaired) electrons. The quantitative estimate of drug-likeness (QED) is 0.909. The Hall–Kier alpha value is -2.07. The van der Waals surface area contributed by atoms with E-state index in [1.807, 2.05) is 11.0 Å². The summed E-state index contributed by atoms with van der Waals surface area (Å²) in [6, 6.07) is 5.22. The molecule has 1 saturated carbocycles. The summed E-state index contributed by atoms with van der Waals surface area (Å²) >= 11 is 6.02. The first-order valence-electron chi connectivity index (χ1n) is 7.92. The molecule has 4 nitrogen and oxygen atoms in total. The van der Waals surface area contributed by atoms with Crippen molar-refractivity contribution < 1.29 is 9.90 Å². The zero-order valence-electron chi connectivity index (χ0n) is 12.6. The summed E-state index contributed by atoms with van der Waals surface area (Å²) in [4.78, 5) is 19.1. The Morgan fingerprint density at radius 2 is 2.13 bits per heavy atom. The Labute approximate surface area is 139 Å². The molecule has 0 spiro atoms. The van der Waals surface area contributed by atoms with Gasteiger partial charge in [0.2, 0.25) is 0 Å². The van der Waals surface area contributed by atoms with Gasteiger partial charge in [-0.05, 0) is 60.9 Å². The number of amides is 1. The van der Waals surface area contributed by atoms with Gasteiger partial charge in [-0.1, -0.05) is 11.6 Å². The van der Waals surface area contributed by atoms with Gasteiger partial charge in [0.25, 0.3) is 5.91 Å². The molecule has 1 aromatic carbocycles. The SMILES string of the molecule is O=C1c2cc(Cl)c(O)cc2CCCN1c1cnccc1C1CC1. The molecule has 0 bridgehead atoms. The molecule has 1 aromatic heterocycles. The molecule has 0 unspecified atom stereocenters. The first kappa shape index (κ1) is 14.5. The number of aryl methyl sites for hydroxylation is 1. The third kappa shape index (κ3) is 2.57. The molecule has 0 saturated heterocycles. The molecule has 4 rings (SSSR count). The molecule has 1 fully saturated rings. The van der Waals surface area contributed by atoms with Gasteiger partial charge < -0.3 is 10.0 Å². The molecule has 1 N–H and O–H groups in total. The van der Waals surface area contributed by atoms with Crippen molar-refractivity contribution in [3.8, 4) is 5.75 Å². The summed E-state index contributed by atoms with van der Waals surface area (Å²) < 4.78 is 0. The monoisotopic (exact) mass is 328 g/mol. The van der Waals surface area contributed by atoms with E-state index in [-0.39, 0.29) is 16.7 Å².